The van der Waals surface area contributed by atoms with Gasteiger partial charge in [-0.2, -0.15) is 0 Å². The van der Waals surface area contributed by atoms with E-state index in [4.69, 9.17) is 4.74 Å². The van der Waals surface area contributed by atoms with Crippen LogP contribution in [0, 0.1) is 0 Å². The smallest absolute Gasteiger partial charge is 0.0480 e. The Morgan fingerprint density at radius 1 is 1.38 bits per heavy atom. The molecule has 1 rings (SSSR count). The minimum absolute atomic E-state index is 0.696. The molecule has 3 heteroatoms. The van der Waals surface area contributed by atoms with Crippen LogP contribution in [0.4, 0.5) is 0 Å². The summed E-state index contributed by atoms with van der Waals surface area (Å²) >= 11 is 0. The van der Waals surface area contributed by atoms with Gasteiger partial charge in [-0.25, -0.2) is 0 Å². The number of rotatable bonds is 7. The molecule has 0 aliphatic carbocycles. The molecule has 0 spiro atoms. The molecule has 0 amide bonds. The van der Waals surface area contributed by atoms with Crippen molar-refractivity contribution in [1.29, 1.82) is 0 Å². The SMILES string of the molecule is CCNCCCC(C)N(C)C1CCOCC1. The maximum atomic E-state index is 5.41. The van der Waals surface area contributed by atoms with E-state index in [1.165, 1.54) is 25.7 Å². The van der Waals surface area contributed by atoms with Crippen molar-refractivity contribution in [3.63, 3.8) is 0 Å². The fraction of sp³-hybridized carbons (Fsp3) is 1.00. The molecule has 1 aliphatic rings. The lowest BCUT2D eigenvalue weighted by Crippen LogP contribution is -2.42. The molecule has 1 atom stereocenters. The van der Waals surface area contributed by atoms with Crippen LogP contribution in [-0.4, -0.2) is 50.3 Å². The highest BCUT2D eigenvalue weighted by atomic mass is 16.5. The number of hydrogen-bond acceptors (Lipinski definition) is 3. The minimum atomic E-state index is 0.696. The van der Waals surface area contributed by atoms with E-state index < -0.39 is 0 Å². The fourth-order valence-corrected chi connectivity index (χ4v) is 2.36. The third-order valence-corrected chi connectivity index (χ3v) is 3.69. The van der Waals surface area contributed by atoms with Crippen LogP contribution in [0.3, 0.4) is 0 Å². The molecule has 1 fully saturated rings. The van der Waals surface area contributed by atoms with Gasteiger partial charge in [-0.1, -0.05) is 6.92 Å². The van der Waals surface area contributed by atoms with Gasteiger partial charge in [-0.15, -0.1) is 0 Å². The fourth-order valence-electron chi connectivity index (χ4n) is 2.36. The van der Waals surface area contributed by atoms with Crippen molar-refractivity contribution in [2.45, 2.75) is 51.6 Å². The van der Waals surface area contributed by atoms with Gasteiger partial charge in [0.2, 0.25) is 0 Å². The number of nitrogens with one attached hydrogen (secondary N) is 1. The average molecular weight is 228 g/mol. The van der Waals surface area contributed by atoms with E-state index in [-0.39, 0.29) is 0 Å². The van der Waals surface area contributed by atoms with Crippen molar-refractivity contribution in [1.82, 2.24) is 10.2 Å². The van der Waals surface area contributed by atoms with Crippen molar-refractivity contribution >= 4 is 0 Å². The van der Waals surface area contributed by atoms with E-state index >= 15 is 0 Å². The van der Waals surface area contributed by atoms with Crippen LogP contribution < -0.4 is 5.32 Å². The zero-order valence-corrected chi connectivity index (χ0v) is 11.2. The van der Waals surface area contributed by atoms with Gasteiger partial charge in [0.05, 0.1) is 0 Å². The van der Waals surface area contributed by atoms with Gasteiger partial charge in [-0.05, 0) is 52.7 Å². The van der Waals surface area contributed by atoms with Crippen LogP contribution in [0.5, 0.6) is 0 Å². The Morgan fingerprint density at radius 3 is 2.69 bits per heavy atom. The summed E-state index contributed by atoms with van der Waals surface area (Å²) in [6, 6.07) is 1.43. The van der Waals surface area contributed by atoms with Gasteiger partial charge in [0.25, 0.3) is 0 Å². The first-order valence-electron chi connectivity index (χ1n) is 6.76. The van der Waals surface area contributed by atoms with Gasteiger partial charge in [0.15, 0.2) is 0 Å². The summed E-state index contributed by atoms with van der Waals surface area (Å²) in [5.74, 6) is 0. The molecule has 0 bridgehead atoms. The normalized spacial score (nSPS) is 20.2. The van der Waals surface area contributed by atoms with Gasteiger partial charge >= 0.3 is 0 Å². The second kappa shape index (κ2) is 8.04. The van der Waals surface area contributed by atoms with Crippen LogP contribution in [0.15, 0.2) is 0 Å². The molecule has 0 aromatic carbocycles. The molecule has 16 heavy (non-hydrogen) atoms. The van der Waals surface area contributed by atoms with Crippen LogP contribution in [0.1, 0.15) is 39.5 Å². The summed E-state index contributed by atoms with van der Waals surface area (Å²) in [5, 5.41) is 3.38. The Balaban J connectivity index is 2.15. The van der Waals surface area contributed by atoms with E-state index in [1.54, 1.807) is 0 Å². The lowest BCUT2D eigenvalue weighted by molar-refractivity contribution is 0.0297. The van der Waals surface area contributed by atoms with Crippen LogP contribution >= 0.6 is 0 Å². The summed E-state index contributed by atoms with van der Waals surface area (Å²) in [4.78, 5) is 2.55. The largest absolute Gasteiger partial charge is 0.381 e. The summed E-state index contributed by atoms with van der Waals surface area (Å²) < 4.78 is 5.41. The first kappa shape index (κ1) is 13.9. The van der Waals surface area contributed by atoms with Crippen molar-refractivity contribution in [3.05, 3.63) is 0 Å². The molecule has 3 nitrogen and oxygen atoms in total. The summed E-state index contributed by atoms with van der Waals surface area (Å²) in [6.45, 7) is 8.64. The van der Waals surface area contributed by atoms with E-state index in [0.29, 0.717) is 6.04 Å². The quantitative estimate of drug-likeness (QED) is 0.673. The Labute approximate surface area is 101 Å². The first-order chi connectivity index (χ1) is 7.75. The molecule has 1 aliphatic heterocycles. The van der Waals surface area contributed by atoms with Crippen molar-refractivity contribution < 1.29 is 4.74 Å². The standard InChI is InChI=1S/C13H28N2O/c1-4-14-9-5-6-12(2)15(3)13-7-10-16-11-8-13/h12-14H,4-11H2,1-3H3. The molecule has 0 saturated carbocycles. The molecule has 1 unspecified atom stereocenters. The molecule has 1 saturated heterocycles. The molecule has 0 radical (unpaired) electrons. The van der Waals surface area contributed by atoms with Gasteiger partial charge in [0.1, 0.15) is 0 Å². The van der Waals surface area contributed by atoms with E-state index in [0.717, 1.165) is 32.3 Å². The van der Waals surface area contributed by atoms with Crippen LogP contribution in [-0.2, 0) is 4.74 Å². The van der Waals surface area contributed by atoms with Gasteiger partial charge in [0, 0.05) is 25.3 Å². The highest BCUT2D eigenvalue weighted by Gasteiger charge is 2.21. The molecule has 1 N–H and O–H groups in total. The summed E-state index contributed by atoms with van der Waals surface area (Å²) in [5.41, 5.74) is 0. The first-order valence-corrected chi connectivity index (χ1v) is 6.76. The molecular formula is C13H28N2O. The van der Waals surface area contributed by atoms with Crippen LogP contribution in [0.2, 0.25) is 0 Å². The Hall–Kier alpha value is -0.120. The summed E-state index contributed by atoms with van der Waals surface area (Å²) in [6.07, 6.45) is 4.98. The highest BCUT2D eigenvalue weighted by molar-refractivity contribution is 4.76. The zero-order valence-electron chi connectivity index (χ0n) is 11.2. The van der Waals surface area contributed by atoms with E-state index in [9.17, 15) is 0 Å². The number of nitrogens with zero attached hydrogens (tertiary/aromatic N) is 1. The van der Waals surface area contributed by atoms with Crippen molar-refractivity contribution in [2.24, 2.45) is 0 Å². The lowest BCUT2D eigenvalue weighted by atomic mass is 10.0. The molecule has 96 valence electrons. The third-order valence-electron chi connectivity index (χ3n) is 3.69. The Kier molecular flexibility index (Phi) is 7.01. The van der Waals surface area contributed by atoms with Crippen molar-refractivity contribution in [3.8, 4) is 0 Å². The number of ether oxygens (including phenoxy) is 1. The molecule has 0 aromatic rings. The Morgan fingerprint density at radius 2 is 2.06 bits per heavy atom. The van der Waals surface area contributed by atoms with Gasteiger partial charge < -0.3 is 15.0 Å². The lowest BCUT2D eigenvalue weighted by Gasteiger charge is -2.35. The molecule has 0 aromatic heterocycles. The minimum Gasteiger partial charge on any atom is -0.381 e. The zero-order chi connectivity index (χ0) is 11.8. The third kappa shape index (κ3) is 4.81. The maximum Gasteiger partial charge on any atom is 0.0480 e. The highest BCUT2D eigenvalue weighted by Crippen LogP contribution is 2.17. The Bertz CT molecular complexity index is 169. The molecule has 1 heterocycles. The van der Waals surface area contributed by atoms with E-state index in [2.05, 4.69) is 31.1 Å². The predicted octanol–water partition coefficient (Wildman–Crippen LogP) is 1.88. The maximum absolute atomic E-state index is 5.41. The van der Waals surface area contributed by atoms with E-state index in [1.807, 2.05) is 0 Å². The van der Waals surface area contributed by atoms with Crippen molar-refractivity contribution in [2.75, 3.05) is 33.4 Å². The second-order valence-corrected chi connectivity index (χ2v) is 4.85. The molecular weight excluding hydrogens is 200 g/mol. The predicted molar refractivity (Wildman–Crippen MR) is 68.8 cm³/mol. The number of hydrogen-bond donors (Lipinski definition) is 1. The topological polar surface area (TPSA) is 24.5 Å². The average Bonchev–Trinajstić information content (AvgIpc) is 2.34. The van der Waals surface area contributed by atoms with Crippen LogP contribution in [0.25, 0.3) is 0 Å². The second-order valence-electron chi connectivity index (χ2n) is 4.85. The summed E-state index contributed by atoms with van der Waals surface area (Å²) in [7, 11) is 2.27. The van der Waals surface area contributed by atoms with Gasteiger partial charge in [-0.3, -0.25) is 0 Å². The monoisotopic (exact) mass is 228 g/mol.